The van der Waals surface area contributed by atoms with Gasteiger partial charge in [0, 0.05) is 18.7 Å². The van der Waals surface area contributed by atoms with Gasteiger partial charge in [0.1, 0.15) is 5.82 Å². The molecule has 6 heteroatoms. The number of nitrogens with two attached hydrogens (primary N) is 1. The van der Waals surface area contributed by atoms with E-state index in [-0.39, 0.29) is 23.0 Å². The Balaban J connectivity index is 1.77. The van der Waals surface area contributed by atoms with Crippen molar-refractivity contribution < 1.29 is 9.18 Å². The molecule has 1 amide bonds. The van der Waals surface area contributed by atoms with E-state index in [0.29, 0.717) is 12.1 Å². The van der Waals surface area contributed by atoms with Crippen LogP contribution in [0.2, 0.25) is 5.02 Å². The first-order valence-electron chi connectivity index (χ1n) is 8.24. The van der Waals surface area contributed by atoms with Gasteiger partial charge in [-0.15, -0.1) is 0 Å². The molecule has 1 aliphatic rings. The first-order chi connectivity index (χ1) is 12.0. The standard InChI is InChI=1S/C19H21ClFN3O/c1-24-9-8-17(18(24)14-6-7-15(20)16(21)10-14)23-19(25)13-4-2-12(11-22)3-5-13/h2-7,10,17-18H,8-9,11,22H2,1H3,(H,23,25). The van der Waals surface area contributed by atoms with Crippen LogP contribution in [0.15, 0.2) is 42.5 Å². The normalized spacial score (nSPS) is 20.6. The number of amides is 1. The minimum absolute atomic E-state index is 0.0842. The lowest BCUT2D eigenvalue weighted by Gasteiger charge is -2.26. The minimum atomic E-state index is -0.443. The Labute approximate surface area is 151 Å². The summed E-state index contributed by atoms with van der Waals surface area (Å²) in [5, 5.41) is 3.18. The first kappa shape index (κ1) is 17.9. The number of nitrogens with zero attached hydrogens (tertiary/aromatic N) is 1. The molecular weight excluding hydrogens is 341 g/mol. The van der Waals surface area contributed by atoms with E-state index >= 15 is 0 Å². The molecule has 2 unspecified atom stereocenters. The maximum absolute atomic E-state index is 13.8. The number of nitrogens with one attached hydrogen (secondary N) is 1. The van der Waals surface area contributed by atoms with Crippen LogP contribution in [0.5, 0.6) is 0 Å². The zero-order chi connectivity index (χ0) is 18.0. The van der Waals surface area contributed by atoms with E-state index in [1.54, 1.807) is 18.2 Å². The number of likely N-dealkylation sites (N-methyl/N-ethyl adjacent to an activating group) is 1. The topological polar surface area (TPSA) is 58.4 Å². The molecule has 3 rings (SSSR count). The van der Waals surface area contributed by atoms with Crippen molar-refractivity contribution in [2.45, 2.75) is 25.0 Å². The number of halogens is 2. The second-order valence-corrected chi connectivity index (χ2v) is 6.78. The maximum atomic E-state index is 13.8. The molecule has 0 saturated carbocycles. The maximum Gasteiger partial charge on any atom is 0.251 e. The zero-order valence-corrected chi connectivity index (χ0v) is 14.8. The highest BCUT2D eigenvalue weighted by molar-refractivity contribution is 6.30. The van der Waals surface area contributed by atoms with Crippen molar-refractivity contribution in [3.63, 3.8) is 0 Å². The van der Waals surface area contributed by atoms with Crippen molar-refractivity contribution >= 4 is 17.5 Å². The van der Waals surface area contributed by atoms with Gasteiger partial charge in [-0.25, -0.2) is 4.39 Å². The average Bonchev–Trinajstić information content (AvgIpc) is 2.98. The Morgan fingerprint density at radius 3 is 2.68 bits per heavy atom. The van der Waals surface area contributed by atoms with E-state index in [9.17, 15) is 9.18 Å². The van der Waals surface area contributed by atoms with Crippen molar-refractivity contribution in [2.75, 3.05) is 13.6 Å². The van der Waals surface area contributed by atoms with Crippen LogP contribution >= 0.6 is 11.6 Å². The third-order valence-corrected chi connectivity index (χ3v) is 5.01. The van der Waals surface area contributed by atoms with Gasteiger partial charge in [-0.3, -0.25) is 9.69 Å². The Bertz CT molecular complexity index is 766. The second-order valence-electron chi connectivity index (χ2n) is 6.37. The van der Waals surface area contributed by atoms with Gasteiger partial charge in [-0.05, 0) is 48.9 Å². The number of carbonyl (C=O) groups excluding carboxylic acids is 1. The SMILES string of the molecule is CN1CCC(NC(=O)c2ccc(CN)cc2)C1c1ccc(Cl)c(F)c1. The fourth-order valence-electron chi connectivity index (χ4n) is 3.33. The largest absolute Gasteiger partial charge is 0.347 e. The molecule has 1 aliphatic heterocycles. The van der Waals surface area contributed by atoms with Gasteiger partial charge >= 0.3 is 0 Å². The predicted molar refractivity (Wildman–Crippen MR) is 97.0 cm³/mol. The van der Waals surface area contributed by atoms with E-state index in [4.69, 9.17) is 17.3 Å². The molecule has 2 aromatic rings. The molecular formula is C19H21ClFN3O. The van der Waals surface area contributed by atoms with Crippen LogP contribution in [0.3, 0.4) is 0 Å². The average molecular weight is 362 g/mol. The van der Waals surface area contributed by atoms with E-state index in [1.807, 2.05) is 25.2 Å². The Hall–Kier alpha value is -1.95. The Morgan fingerprint density at radius 1 is 1.32 bits per heavy atom. The molecule has 0 bridgehead atoms. The fraction of sp³-hybridized carbons (Fsp3) is 0.316. The van der Waals surface area contributed by atoms with Gasteiger partial charge in [-0.2, -0.15) is 0 Å². The van der Waals surface area contributed by atoms with E-state index in [2.05, 4.69) is 10.2 Å². The summed E-state index contributed by atoms with van der Waals surface area (Å²) in [6.07, 6.45) is 0.804. The first-order valence-corrected chi connectivity index (χ1v) is 8.62. The third-order valence-electron chi connectivity index (χ3n) is 4.70. The molecule has 0 aromatic heterocycles. The molecule has 3 N–H and O–H groups in total. The number of rotatable bonds is 4. The van der Waals surface area contributed by atoms with Gasteiger partial charge in [0.05, 0.1) is 17.1 Å². The lowest BCUT2D eigenvalue weighted by atomic mass is 9.99. The number of carbonyl (C=O) groups is 1. The predicted octanol–water partition coefficient (Wildman–Crippen LogP) is 3.11. The molecule has 1 saturated heterocycles. The van der Waals surface area contributed by atoms with Crippen LogP contribution in [-0.2, 0) is 6.54 Å². The van der Waals surface area contributed by atoms with Crippen molar-refractivity contribution in [2.24, 2.45) is 5.73 Å². The van der Waals surface area contributed by atoms with E-state index in [1.165, 1.54) is 6.07 Å². The molecule has 4 nitrogen and oxygen atoms in total. The van der Waals surface area contributed by atoms with Crippen LogP contribution < -0.4 is 11.1 Å². The van der Waals surface area contributed by atoms with Crippen LogP contribution in [-0.4, -0.2) is 30.4 Å². The molecule has 1 fully saturated rings. The van der Waals surface area contributed by atoms with Crippen molar-refractivity contribution in [3.05, 3.63) is 70.0 Å². The highest BCUT2D eigenvalue weighted by Gasteiger charge is 2.34. The lowest BCUT2D eigenvalue weighted by molar-refractivity contribution is 0.0927. The molecule has 1 heterocycles. The molecule has 132 valence electrons. The quantitative estimate of drug-likeness (QED) is 0.879. The number of hydrogen-bond acceptors (Lipinski definition) is 3. The van der Waals surface area contributed by atoms with Gasteiger partial charge in [0.2, 0.25) is 0 Å². The van der Waals surface area contributed by atoms with Crippen LogP contribution in [0.25, 0.3) is 0 Å². The Morgan fingerprint density at radius 2 is 2.04 bits per heavy atom. The van der Waals surface area contributed by atoms with E-state index in [0.717, 1.165) is 24.1 Å². The monoisotopic (exact) mass is 361 g/mol. The zero-order valence-electron chi connectivity index (χ0n) is 14.0. The summed E-state index contributed by atoms with van der Waals surface area (Å²) in [6.45, 7) is 1.27. The second kappa shape index (κ2) is 7.52. The number of benzene rings is 2. The summed E-state index contributed by atoms with van der Waals surface area (Å²) in [7, 11) is 1.97. The van der Waals surface area contributed by atoms with Crippen LogP contribution in [0, 0.1) is 5.82 Å². The van der Waals surface area contributed by atoms with Gasteiger partial charge in [-0.1, -0.05) is 29.8 Å². The van der Waals surface area contributed by atoms with Crippen LogP contribution in [0.1, 0.15) is 33.9 Å². The fourth-order valence-corrected chi connectivity index (χ4v) is 3.44. The van der Waals surface area contributed by atoms with Crippen molar-refractivity contribution in [1.29, 1.82) is 0 Å². The molecule has 2 aromatic carbocycles. The summed E-state index contributed by atoms with van der Waals surface area (Å²) in [5.74, 6) is -0.578. The highest BCUT2D eigenvalue weighted by Crippen LogP contribution is 2.32. The molecule has 0 spiro atoms. The van der Waals surface area contributed by atoms with Gasteiger partial charge in [0.15, 0.2) is 0 Å². The van der Waals surface area contributed by atoms with Crippen molar-refractivity contribution in [1.82, 2.24) is 10.2 Å². The molecule has 2 atom stereocenters. The lowest BCUT2D eigenvalue weighted by Crippen LogP contribution is -2.39. The number of likely N-dealkylation sites (tertiary alicyclic amines) is 1. The number of hydrogen-bond donors (Lipinski definition) is 2. The summed E-state index contributed by atoms with van der Waals surface area (Å²) in [6, 6.07) is 11.9. The Kier molecular flexibility index (Phi) is 5.37. The van der Waals surface area contributed by atoms with Crippen LogP contribution in [0.4, 0.5) is 4.39 Å². The minimum Gasteiger partial charge on any atom is -0.347 e. The van der Waals surface area contributed by atoms with Gasteiger partial charge < -0.3 is 11.1 Å². The third kappa shape index (κ3) is 3.84. The smallest absolute Gasteiger partial charge is 0.251 e. The van der Waals surface area contributed by atoms with Crippen molar-refractivity contribution in [3.8, 4) is 0 Å². The molecule has 25 heavy (non-hydrogen) atoms. The molecule has 0 radical (unpaired) electrons. The summed E-state index contributed by atoms with van der Waals surface area (Å²) in [4.78, 5) is 14.7. The highest BCUT2D eigenvalue weighted by atomic mass is 35.5. The summed E-state index contributed by atoms with van der Waals surface area (Å²) < 4.78 is 13.8. The molecule has 0 aliphatic carbocycles. The summed E-state index contributed by atoms with van der Waals surface area (Å²) >= 11 is 5.78. The van der Waals surface area contributed by atoms with E-state index < -0.39 is 5.82 Å². The van der Waals surface area contributed by atoms with Gasteiger partial charge in [0.25, 0.3) is 5.91 Å². The summed E-state index contributed by atoms with van der Waals surface area (Å²) in [5.41, 5.74) is 7.96.